The van der Waals surface area contributed by atoms with Crippen molar-refractivity contribution in [2.45, 2.75) is 6.92 Å². The van der Waals surface area contributed by atoms with Crippen molar-refractivity contribution in [2.24, 2.45) is 0 Å². The predicted octanol–water partition coefficient (Wildman–Crippen LogP) is 0.538. The summed E-state index contributed by atoms with van der Waals surface area (Å²) in [5.41, 5.74) is 8.20. The second-order valence-electron chi connectivity index (χ2n) is 3.49. The van der Waals surface area contributed by atoms with Gasteiger partial charge >= 0.3 is 0 Å². The van der Waals surface area contributed by atoms with Crippen LogP contribution in [0.1, 0.15) is 5.56 Å². The normalized spacial score (nSPS) is 11.4. The van der Waals surface area contributed by atoms with Gasteiger partial charge in [-0.25, -0.2) is 13.1 Å². The predicted molar refractivity (Wildman–Crippen MR) is 66.9 cm³/mol. The molecule has 0 aliphatic rings. The molecule has 5 nitrogen and oxygen atoms in total. The second kappa shape index (κ2) is 5.18. The summed E-state index contributed by atoms with van der Waals surface area (Å²) < 4.78 is 24.6. The molecule has 0 aromatic heterocycles. The molecule has 6 heteroatoms. The monoisotopic (exact) mass is 243 g/mol. The molecule has 1 aromatic carbocycles. The van der Waals surface area contributed by atoms with E-state index in [9.17, 15) is 8.42 Å². The fourth-order valence-corrected chi connectivity index (χ4v) is 1.92. The number of benzene rings is 1. The molecule has 0 radical (unpaired) electrons. The average Bonchev–Trinajstić information content (AvgIpc) is 2.22. The molecule has 0 amide bonds. The number of anilines is 2. The molecule has 90 valence electrons. The van der Waals surface area contributed by atoms with Gasteiger partial charge in [0.2, 0.25) is 10.0 Å². The fraction of sp³-hybridized carbons (Fsp3) is 0.400. The summed E-state index contributed by atoms with van der Waals surface area (Å²) in [5.74, 6) is 0.0251. The summed E-state index contributed by atoms with van der Waals surface area (Å²) in [4.78, 5) is 0. The van der Waals surface area contributed by atoms with Crippen molar-refractivity contribution in [2.75, 3.05) is 30.4 Å². The van der Waals surface area contributed by atoms with Crippen LogP contribution in [0.5, 0.6) is 0 Å². The minimum atomic E-state index is -3.17. The molecule has 1 aromatic rings. The minimum absolute atomic E-state index is 0.0251. The first-order valence-electron chi connectivity index (χ1n) is 4.96. The van der Waals surface area contributed by atoms with Gasteiger partial charge in [0.05, 0.1) is 17.1 Å². The summed E-state index contributed by atoms with van der Waals surface area (Å²) in [6.45, 7) is 2.25. The van der Waals surface area contributed by atoms with E-state index in [1.807, 2.05) is 19.1 Å². The number of nitrogen functional groups attached to an aromatic ring is 1. The molecule has 0 heterocycles. The highest BCUT2D eigenvalue weighted by Gasteiger charge is 2.07. The van der Waals surface area contributed by atoms with Crippen LogP contribution in [-0.2, 0) is 10.0 Å². The van der Waals surface area contributed by atoms with Gasteiger partial charge in [-0.1, -0.05) is 12.1 Å². The van der Waals surface area contributed by atoms with E-state index in [0.717, 1.165) is 11.3 Å². The SMILES string of the molecule is CNS(=O)(=O)CCNc1c(C)cccc1N. The molecule has 0 spiro atoms. The quantitative estimate of drug-likeness (QED) is 0.659. The third-order valence-corrected chi connectivity index (χ3v) is 3.65. The molecule has 0 bridgehead atoms. The van der Waals surface area contributed by atoms with Crippen molar-refractivity contribution < 1.29 is 8.42 Å². The molecule has 16 heavy (non-hydrogen) atoms. The van der Waals surface area contributed by atoms with Crippen LogP contribution in [0.4, 0.5) is 11.4 Å². The summed E-state index contributed by atoms with van der Waals surface area (Å²) in [5, 5.41) is 3.03. The maximum atomic E-state index is 11.2. The van der Waals surface area contributed by atoms with Crippen LogP contribution in [0.2, 0.25) is 0 Å². The zero-order valence-electron chi connectivity index (χ0n) is 9.45. The molecular formula is C10H17N3O2S. The van der Waals surface area contributed by atoms with Crippen molar-refractivity contribution in [3.63, 3.8) is 0 Å². The van der Waals surface area contributed by atoms with E-state index in [1.165, 1.54) is 7.05 Å². The number of hydrogen-bond donors (Lipinski definition) is 3. The van der Waals surface area contributed by atoms with Crippen LogP contribution < -0.4 is 15.8 Å². The standard InChI is InChI=1S/C10H17N3O2S/c1-8-4-3-5-9(11)10(8)13-6-7-16(14,15)12-2/h3-5,12-13H,6-7,11H2,1-2H3. The molecule has 0 saturated carbocycles. The van der Waals surface area contributed by atoms with E-state index in [1.54, 1.807) is 6.07 Å². The molecular weight excluding hydrogens is 226 g/mol. The fourth-order valence-electron chi connectivity index (χ4n) is 1.34. The number of rotatable bonds is 5. The Kier molecular flexibility index (Phi) is 4.14. The van der Waals surface area contributed by atoms with Gasteiger partial charge in [-0.05, 0) is 25.6 Å². The van der Waals surface area contributed by atoms with Gasteiger partial charge in [0.25, 0.3) is 0 Å². The first-order valence-corrected chi connectivity index (χ1v) is 6.61. The summed E-state index contributed by atoms with van der Waals surface area (Å²) >= 11 is 0. The molecule has 0 aliphatic heterocycles. The summed E-state index contributed by atoms with van der Waals surface area (Å²) in [7, 11) is -1.77. The molecule has 0 aliphatic carbocycles. The Morgan fingerprint density at radius 2 is 2.06 bits per heavy atom. The smallest absolute Gasteiger partial charge is 0.213 e. The van der Waals surface area contributed by atoms with Crippen LogP contribution in [0.25, 0.3) is 0 Å². The highest BCUT2D eigenvalue weighted by molar-refractivity contribution is 7.89. The van der Waals surface area contributed by atoms with Crippen LogP contribution >= 0.6 is 0 Å². The first kappa shape index (κ1) is 12.8. The lowest BCUT2D eigenvalue weighted by molar-refractivity contribution is 0.588. The number of nitrogens with two attached hydrogens (primary N) is 1. The van der Waals surface area contributed by atoms with Crippen molar-refractivity contribution in [3.8, 4) is 0 Å². The van der Waals surface area contributed by atoms with Crippen molar-refractivity contribution >= 4 is 21.4 Å². The first-order chi connectivity index (χ1) is 7.46. The van der Waals surface area contributed by atoms with E-state index >= 15 is 0 Å². The lowest BCUT2D eigenvalue weighted by Crippen LogP contribution is -2.26. The summed E-state index contributed by atoms with van der Waals surface area (Å²) in [6.07, 6.45) is 0. The van der Waals surface area contributed by atoms with Gasteiger partial charge in [0.15, 0.2) is 0 Å². The van der Waals surface area contributed by atoms with Gasteiger partial charge in [0.1, 0.15) is 0 Å². The number of sulfonamides is 1. The van der Waals surface area contributed by atoms with E-state index < -0.39 is 10.0 Å². The third-order valence-electron chi connectivity index (χ3n) is 2.29. The Labute approximate surface area is 96.1 Å². The van der Waals surface area contributed by atoms with Crippen molar-refractivity contribution in [3.05, 3.63) is 23.8 Å². The van der Waals surface area contributed by atoms with Crippen LogP contribution in [0, 0.1) is 6.92 Å². The Morgan fingerprint density at radius 1 is 1.38 bits per heavy atom. The number of aryl methyl sites for hydroxylation is 1. The van der Waals surface area contributed by atoms with Crippen molar-refractivity contribution in [1.29, 1.82) is 0 Å². The molecule has 0 unspecified atom stereocenters. The molecule has 1 rings (SSSR count). The maximum absolute atomic E-state index is 11.2. The highest BCUT2D eigenvalue weighted by Crippen LogP contribution is 2.21. The Morgan fingerprint density at radius 3 is 2.62 bits per heavy atom. The van der Waals surface area contributed by atoms with Crippen molar-refractivity contribution in [1.82, 2.24) is 4.72 Å². The lowest BCUT2D eigenvalue weighted by Gasteiger charge is -2.11. The van der Waals surface area contributed by atoms with Crippen LogP contribution in [0.15, 0.2) is 18.2 Å². The van der Waals surface area contributed by atoms with Gasteiger partial charge in [0, 0.05) is 6.54 Å². The Balaban J connectivity index is 2.62. The summed E-state index contributed by atoms with van der Waals surface area (Å²) in [6, 6.07) is 5.56. The average molecular weight is 243 g/mol. The van der Waals surface area contributed by atoms with Gasteiger partial charge < -0.3 is 11.1 Å². The third kappa shape index (κ3) is 3.39. The molecule has 0 fully saturated rings. The van der Waals surface area contributed by atoms with Gasteiger partial charge in [-0.2, -0.15) is 0 Å². The number of hydrogen-bond acceptors (Lipinski definition) is 4. The number of nitrogens with one attached hydrogen (secondary N) is 2. The largest absolute Gasteiger partial charge is 0.397 e. The highest BCUT2D eigenvalue weighted by atomic mass is 32.2. The van der Waals surface area contributed by atoms with E-state index in [-0.39, 0.29) is 5.75 Å². The van der Waals surface area contributed by atoms with Crippen LogP contribution in [-0.4, -0.2) is 27.8 Å². The lowest BCUT2D eigenvalue weighted by atomic mass is 10.1. The maximum Gasteiger partial charge on any atom is 0.213 e. The van der Waals surface area contributed by atoms with Crippen LogP contribution in [0.3, 0.4) is 0 Å². The Bertz CT molecular complexity index is 437. The van der Waals surface area contributed by atoms with E-state index in [2.05, 4.69) is 10.0 Å². The van der Waals surface area contributed by atoms with E-state index in [4.69, 9.17) is 5.73 Å². The van der Waals surface area contributed by atoms with Gasteiger partial charge in [-0.3, -0.25) is 0 Å². The van der Waals surface area contributed by atoms with E-state index in [0.29, 0.717) is 12.2 Å². The second-order valence-corrected chi connectivity index (χ2v) is 5.53. The van der Waals surface area contributed by atoms with Gasteiger partial charge in [-0.15, -0.1) is 0 Å². The topological polar surface area (TPSA) is 84.2 Å². The number of para-hydroxylation sites is 1. The zero-order chi connectivity index (χ0) is 12.2. The molecule has 0 atom stereocenters. The minimum Gasteiger partial charge on any atom is -0.397 e. The Hall–Kier alpha value is -1.27. The molecule has 4 N–H and O–H groups in total. The zero-order valence-corrected chi connectivity index (χ0v) is 10.3. The molecule has 0 saturated heterocycles.